The fourth-order valence-electron chi connectivity index (χ4n) is 5.26. The van der Waals surface area contributed by atoms with Gasteiger partial charge in [-0.05, 0) is 72.7 Å². The van der Waals surface area contributed by atoms with E-state index < -0.39 is 12.0 Å². The van der Waals surface area contributed by atoms with Crippen molar-refractivity contribution in [2.45, 2.75) is 25.4 Å². The minimum atomic E-state index is -0.510. The summed E-state index contributed by atoms with van der Waals surface area (Å²) in [4.78, 5) is 32.9. The molecule has 6 rings (SSSR count). The highest BCUT2D eigenvalue weighted by molar-refractivity contribution is 7.80. The Morgan fingerprint density at radius 3 is 2.53 bits per heavy atom. The summed E-state index contributed by atoms with van der Waals surface area (Å²) < 4.78 is 18.9. The van der Waals surface area contributed by atoms with Crippen LogP contribution in [-0.2, 0) is 16.0 Å². The zero-order chi connectivity index (χ0) is 25.0. The van der Waals surface area contributed by atoms with E-state index in [1.807, 2.05) is 29.2 Å². The molecule has 36 heavy (non-hydrogen) atoms. The van der Waals surface area contributed by atoms with Gasteiger partial charge in [0.2, 0.25) is 0 Å². The van der Waals surface area contributed by atoms with Crippen LogP contribution in [0.5, 0.6) is 0 Å². The molecule has 2 atom stereocenters. The number of carbonyl (C=O) groups excluding carboxylic acids is 2. The van der Waals surface area contributed by atoms with Crippen molar-refractivity contribution in [2.75, 3.05) is 11.5 Å². The predicted octanol–water partition coefficient (Wildman–Crippen LogP) is 5.13. The number of ether oxygens (including phenoxy) is 1. The number of para-hydroxylation sites is 1. The third-order valence-electron chi connectivity index (χ3n) is 6.87. The van der Waals surface area contributed by atoms with Crippen LogP contribution >= 0.6 is 12.2 Å². The minimum Gasteiger partial charge on any atom is -0.462 e. The van der Waals surface area contributed by atoms with Crippen molar-refractivity contribution in [2.24, 2.45) is 0 Å². The van der Waals surface area contributed by atoms with Gasteiger partial charge in [0.1, 0.15) is 11.9 Å². The normalized spacial score (nSPS) is 18.9. The average Bonchev–Trinajstić information content (AvgIpc) is 3.38. The average molecular weight is 500 g/mol. The third kappa shape index (κ3) is 3.40. The summed E-state index contributed by atoms with van der Waals surface area (Å²) >= 11 is 5.89. The number of amides is 1. The first kappa shape index (κ1) is 22.4. The summed E-state index contributed by atoms with van der Waals surface area (Å²) in [5.41, 5.74) is 4.83. The number of aromatic amines is 1. The molecule has 6 nitrogen and oxygen atoms in total. The molecule has 180 valence electrons. The number of carbonyl (C=O) groups is 2. The van der Waals surface area contributed by atoms with Crippen molar-refractivity contribution in [1.82, 2.24) is 9.88 Å². The predicted molar refractivity (Wildman–Crippen MR) is 138 cm³/mol. The Hall–Kier alpha value is -4.04. The van der Waals surface area contributed by atoms with Crippen LogP contribution in [0.25, 0.3) is 10.9 Å². The number of anilines is 1. The molecule has 2 unspecified atom stereocenters. The Morgan fingerprint density at radius 2 is 1.81 bits per heavy atom. The maximum Gasteiger partial charge on any atom is 0.338 e. The van der Waals surface area contributed by atoms with E-state index >= 15 is 0 Å². The Morgan fingerprint density at radius 1 is 1.08 bits per heavy atom. The SMILES string of the molecule is CCOC(=O)c1ccc(N2C(=O)C3Cc4c([nH]c5ccccc45)C(c4ccc(F)cc4)N3C2=S)cc1. The standard InChI is InChI=1S/C28H22FN3O3S/c1-2-35-27(34)17-9-13-19(14-10-17)31-26(33)23-15-21-20-5-3-4-6-22(20)30-24(21)25(32(23)28(31)36)16-7-11-18(29)12-8-16/h3-14,23,25,30H,2,15H2,1H3. The van der Waals surface area contributed by atoms with Gasteiger partial charge in [-0.3, -0.25) is 9.69 Å². The summed E-state index contributed by atoms with van der Waals surface area (Å²) in [6, 6.07) is 20.1. The molecule has 1 amide bonds. The Kier molecular flexibility index (Phi) is 5.34. The number of H-pyrrole nitrogens is 1. The van der Waals surface area contributed by atoms with Gasteiger partial charge in [0.05, 0.1) is 23.9 Å². The van der Waals surface area contributed by atoms with E-state index in [-0.39, 0.29) is 24.4 Å². The van der Waals surface area contributed by atoms with E-state index in [2.05, 4.69) is 4.98 Å². The largest absolute Gasteiger partial charge is 0.462 e. The van der Waals surface area contributed by atoms with E-state index in [9.17, 15) is 14.0 Å². The second-order valence-corrected chi connectivity index (χ2v) is 9.23. The highest BCUT2D eigenvalue weighted by atomic mass is 32.1. The maximum atomic E-state index is 13.8. The van der Waals surface area contributed by atoms with Crippen LogP contribution < -0.4 is 4.90 Å². The third-order valence-corrected chi connectivity index (χ3v) is 7.26. The van der Waals surface area contributed by atoms with Crippen LogP contribution in [0.15, 0.2) is 72.8 Å². The summed E-state index contributed by atoms with van der Waals surface area (Å²) in [6.07, 6.45) is 0.493. The van der Waals surface area contributed by atoms with E-state index in [0.29, 0.717) is 22.8 Å². The molecular weight excluding hydrogens is 477 g/mol. The van der Waals surface area contributed by atoms with Gasteiger partial charge in [0, 0.05) is 23.0 Å². The molecule has 2 aliphatic rings. The summed E-state index contributed by atoms with van der Waals surface area (Å²) in [7, 11) is 0. The molecular formula is C28H22FN3O3S. The van der Waals surface area contributed by atoms with Crippen molar-refractivity contribution in [3.8, 4) is 0 Å². The smallest absolute Gasteiger partial charge is 0.338 e. The first-order valence-electron chi connectivity index (χ1n) is 11.8. The lowest BCUT2D eigenvalue weighted by molar-refractivity contribution is -0.120. The number of aromatic nitrogens is 1. The van der Waals surface area contributed by atoms with Crippen LogP contribution in [0.2, 0.25) is 0 Å². The quantitative estimate of drug-likeness (QED) is 0.312. The van der Waals surface area contributed by atoms with E-state index in [1.165, 1.54) is 17.0 Å². The summed E-state index contributed by atoms with van der Waals surface area (Å²) in [6.45, 7) is 2.03. The molecule has 1 fully saturated rings. The van der Waals surface area contributed by atoms with Gasteiger partial charge in [0.25, 0.3) is 5.91 Å². The molecule has 4 aromatic rings. The van der Waals surface area contributed by atoms with Gasteiger partial charge in [0.15, 0.2) is 5.11 Å². The Labute approximate surface area is 212 Å². The van der Waals surface area contributed by atoms with Gasteiger partial charge >= 0.3 is 5.97 Å². The van der Waals surface area contributed by atoms with Gasteiger partial charge in [-0.15, -0.1) is 0 Å². The van der Waals surface area contributed by atoms with Crippen molar-refractivity contribution < 1.29 is 18.7 Å². The number of halogens is 1. The zero-order valence-electron chi connectivity index (χ0n) is 19.4. The van der Waals surface area contributed by atoms with Crippen LogP contribution in [0.4, 0.5) is 10.1 Å². The number of benzene rings is 3. The van der Waals surface area contributed by atoms with Crippen molar-refractivity contribution in [1.29, 1.82) is 0 Å². The topological polar surface area (TPSA) is 65.6 Å². The van der Waals surface area contributed by atoms with E-state index in [0.717, 1.165) is 27.7 Å². The summed E-state index contributed by atoms with van der Waals surface area (Å²) in [5.74, 6) is -0.878. The second kappa shape index (κ2) is 8.57. The molecule has 0 bridgehead atoms. The fourth-order valence-corrected chi connectivity index (χ4v) is 5.69. The van der Waals surface area contributed by atoms with Gasteiger partial charge < -0.3 is 14.6 Å². The first-order chi connectivity index (χ1) is 17.5. The Balaban J connectivity index is 1.44. The molecule has 8 heteroatoms. The van der Waals surface area contributed by atoms with E-state index in [4.69, 9.17) is 17.0 Å². The Bertz CT molecular complexity index is 1510. The molecule has 3 heterocycles. The van der Waals surface area contributed by atoms with Crippen molar-refractivity contribution >= 4 is 45.8 Å². The lowest BCUT2D eigenvalue weighted by atomic mass is 9.89. The van der Waals surface area contributed by atoms with Crippen LogP contribution in [0.1, 0.15) is 40.1 Å². The zero-order valence-corrected chi connectivity index (χ0v) is 20.2. The van der Waals surface area contributed by atoms with Gasteiger partial charge in [-0.1, -0.05) is 30.3 Å². The first-order valence-corrected chi connectivity index (χ1v) is 12.2. The van der Waals surface area contributed by atoms with Crippen LogP contribution in [0.3, 0.4) is 0 Å². The lowest BCUT2D eigenvalue weighted by Crippen LogP contribution is -2.44. The number of nitrogens with zero attached hydrogens (tertiary/aromatic N) is 2. The number of esters is 1. The monoisotopic (exact) mass is 499 g/mol. The number of rotatable bonds is 4. The van der Waals surface area contributed by atoms with Gasteiger partial charge in [-0.25, -0.2) is 9.18 Å². The second-order valence-electron chi connectivity index (χ2n) is 8.87. The molecule has 0 radical (unpaired) electrons. The van der Waals surface area contributed by atoms with Crippen molar-refractivity contribution in [3.05, 3.63) is 101 Å². The highest BCUT2D eigenvalue weighted by Gasteiger charge is 2.51. The maximum absolute atomic E-state index is 13.8. The molecule has 1 aromatic heterocycles. The lowest BCUT2D eigenvalue weighted by Gasteiger charge is -2.37. The molecule has 0 saturated carbocycles. The fraction of sp³-hybridized carbons (Fsp3) is 0.179. The molecule has 2 aliphatic heterocycles. The van der Waals surface area contributed by atoms with Crippen molar-refractivity contribution in [3.63, 3.8) is 0 Å². The molecule has 1 saturated heterocycles. The number of nitrogens with one attached hydrogen (secondary N) is 1. The molecule has 1 N–H and O–H groups in total. The van der Waals surface area contributed by atoms with E-state index in [1.54, 1.807) is 43.3 Å². The molecule has 0 spiro atoms. The molecule has 3 aromatic carbocycles. The molecule has 0 aliphatic carbocycles. The summed E-state index contributed by atoms with van der Waals surface area (Å²) in [5, 5.41) is 1.43. The number of hydrogen-bond acceptors (Lipinski definition) is 4. The highest BCUT2D eigenvalue weighted by Crippen LogP contribution is 2.45. The number of fused-ring (bicyclic) bond motifs is 4. The van der Waals surface area contributed by atoms with Crippen LogP contribution in [-0.4, -0.2) is 39.5 Å². The minimum absolute atomic E-state index is 0.132. The number of hydrogen-bond donors (Lipinski definition) is 1. The van der Waals surface area contributed by atoms with Gasteiger partial charge in [-0.2, -0.15) is 0 Å². The number of thiocarbonyl (C=S) groups is 1. The van der Waals surface area contributed by atoms with Crippen LogP contribution in [0, 0.1) is 5.82 Å².